The van der Waals surface area contributed by atoms with E-state index >= 15 is 0 Å². The fraction of sp³-hybridized carbons (Fsp3) is 0.478. The van der Waals surface area contributed by atoms with E-state index in [2.05, 4.69) is 79.3 Å². The zero-order valence-electron chi connectivity index (χ0n) is 16.4. The van der Waals surface area contributed by atoms with Gasteiger partial charge in [0, 0.05) is 18.2 Å². The Kier molecular flexibility index (Phi) is 6.70. The van der Waals surface area contributed by atoms with Gasteiger partial charge in [0.05, 0.1) is 0 Å². The number of nitrogens with zero attached hydrogens (tertiary/aromatic N) is 2. The highest BCUT2D eigenvalue weighted by Gasteiger charge is 2.19. The van der Waals surface area contributed by atoms with Crippen molar-refractivity contribution in [1.29, 1.82) is 0 Å². The normalized spacial score (nSPS) is 18.7. The highest BCUT2D eigenvalue weighted by Crippen LogP contribution is 2.23. The van der Waals surface area contributed by atoms with Gasteiger partial charge in [-0.15, -0.1) is 0 Å². The SMILES string of the molecule is Cc1ccc(COc2ccccc2CN2CCCC(N(C)C)CC2)cc1. The Hall–Kier alpha value is -1.84. The maximum absolute atomic E-state index is 6.16. The fourth-order valence-electron chi connectivity index (χ4n) is 3.67. The first-order valence-electron chi connectivity index (χ1n) is 9.77. The predicted octanol–water partition coefficient (Wildman–Crippen LogP) is 4.49. The maximum atomic E-state index is 6.16. The summed E-state index contributed by atoms with van der Waals surface area (Å²) in [5.41, 5.74) is 3.79. The van der Waals surface area contributed by atoms with Crippen molar-refractivity contribution in [3.05, 3.63) is 65.2 Å². The lowest BCUT2D eigenvalue weighted by Crippen LogP contribution is -2.30. The third-order valence-corrected chi connectivity index (χ3v) is 5.40. The van der Waals surface area contributed by atoms with Crippen LogP contribution in [0.2, 0.25) is 0 Å². The average Bonchev–Trinajstić information content (AvgIpc) is 2.88. The Morgan fingerprint density at radius 2 is 1.77 bits per heavy atom. The van der Waals surface area contributed by atoms with Gasteiger partial charge >= 0.3 is 0 Å². The van der Waals surface area contributed by atoms with Crippen molar-refractivity contribution < 1.29 is 4.74 Å². The van der Waals surface area contributed by atoms with Crippen LogP contribution in [0.4, 0.5) is 0 Å². The van der Waals surface area contributed by atoms with Crippen molar-refractivity contribution in [3.8, 4) is 5.75 Å². The molecule has 2 aromatic carbocycles. The van der Waals surface area contributed by atoms with E-state index in [0.29, 0.717) is 12.6 Å². The fourth-order valence-corrected chi connectivity index (χ4v) is 3.67. The molecule has 3 heteroatoms. The molecule has 1 aliphatic rings. The summed E-state index contributed by atoms with van der Waals surface area (Å²) in [6, 6.07) is 17.8. The molecule has 1 unspecified atom stereocenters. The van der Waals surface area contributed by atoms with Crippen molar-refractivity contribution >= 4 is 0 Å². The molecule has 1 heterocycles. The Morgan fingerprint density at radius 1 is 1.00 bits per heavy atom. The van der Waals surface area contributed by atoms with Crippen LogP contribution in [0.3, 0.4) is 0 Å². The Bertz CT molecular complexity index is 681. The molecule has 3 nitrogen and oxygen atoms in total. The first-order valence-corrected chi connectivity index (χ1v) is 9.77. The van der Waals surface area contributed by atoms with Crippen LogP contribution in [-0.2, 0) is 13.2 Å². The third-order valence-electron chi connectivity index (χ3n) is 5.40. The minimum absolute atomic E-state index is 0.625. The van der Waals surface area contributed by atoms with Crippen molar-refractivity contribution in [2.75, 3.05) is 27.2 Å². The summed E-state index contributed by atoms with van der Waals surface area (Å²) >= 11 is 0. The molecule has 1 fully saturated rings. The minimum Gasteiger partial charge on any atom is -0.489 e. The second-order valence-electron chi connectivity index (χ2n) is 7.71. The molecular formula is C23H32N2O. The number of para-hydroxylation sites is 1. The molecule has 0 aromatic heterocycles. The van der Waals surface area contributed by atoms with E-state index < -0.39 is 0 Å². The second kappa shape index (κ2) is 9.20. The number of hydrogen-bond donors (Lipinski definition) is 0. The largest absolute Gasteiger partial charge is 0.489 e. The second-order valence-corrected chi connectivity index (χ2v) is 7.71. The van der Waals surface area contributed by atoms with Gasteiger partial charge in [-0.25, -0.2) is 0 Å². The van der Waals surface area contributed by atoms with Crippen molar-refractivity contribution in [2.45, 2.75) is 45.4 Å². The molecule has 0 radical (unpaired) electrons. The van der Waals surface area contributed by atoms with Crippen LogP contribution < -0.4 is 4.74 Å². The van der Waals surface area contributed by atoms with Crippen LogP contribution in [0.5, 0.6) is 5.75 Å². The van der Waals surface area contributed by atoms with E-state index in [4.69, 9.17) is 4.74 Å². The van der Waals surface area contributed by atoms with Gasteiger partial charge in [0.1, 0.15) is 12.4 Å². The molecule has 3 rings (SSSR count). The monoisotopic (exact) mass is 352 g/mol. The zero-order chi connectivity index (χ0) is 18.4. The molecule has 1 aliphatic heterocycles. The molecular weight excluding hydrogens is 320 g/mol. The number of benzene rings is 2. The quantitative estimate of drug-likeness (QED) is 0.762. The summed E-state index contributed by atoms with van der Waals surface area (Å²) in [4.78, 5) is 4.96. The van der Waals surface area contributed by atoms with Crippen molar-refractivity contribution in [3.63, 3.8) is 0 Å². The van der Waals surface area contributed by atoms with Gasteiger partial charge in [-0.05, 0) is 65.0 Å². The number of ether oxygens (including phenoxy) is 1. The highest BCUT2D eigenvalue weighted by atomic mass is 16.5. The van der Waals surface area contributed by atoms with Crippen LogP contribution in [0, 0.1) is 6.92 Å². The van der Waals surface area contributed by atoms with Crippen LogP contribution in [-0.4, -0.2) is 43.0 Å². The third kappa shape index (κ3) is 5.33. The van der Waals surface area contributed by atoms with E-state index in [1.807, 2.05) is 0 Å². The van der Waals surface area contributed by atoms with E-state index in [-0.39, 0.29) is 0 Å². The maximum Gasteiger partial charge on any atom is 0.124 e. The number of hydrogen-bond acceptors (Lipinski definition) is 3. The summed E-state index contributed by atoms with van der Waals surface area (Å²) in [6.07, 6.45) is 3.82. The van der Waals surface area contributed by atoms with Crippen molar-refractivity contribution in [2.24, 2.45) is 0 Å². The summed E-state index contributed by atoms with van der Waals surface area (Å²) in [7, 11) is 4.41. The number of aryl methyl sites for hydroxylation is 1. The average molecular weight is 353 g/mol. The number of rotatable bonds is 6. The standard InChI is InChI=1S/C23H32N2O/c1-19-10-12-20(13-11-19)18-26-23-9-5-4-7-21(23)17-25-15-6-8-22(14-16-25)24(2)3/h4-5,7,9-13,22H,6,8,14-18H2,1-3H3. The molecule has 0 N–H and O–H groups in total. The Labute approximate surface area is 158 Å². The lowest BCUT2D eigenvalue weighted by atomic mass is 10.1. The van der Waals surface area contributed by atoms with E-state index in [1.165, 1.54) is 42.5 Å². The molecule has 0 saturated carbocycles. The summed E-state index contributed by atoms with van der Waals surface area (Å²) in [6.45, 7) is 6.05. The zero-order valence-corrected chi connectivity index (χ0v) is 16.4. The van der Waals surface area contributed by atoms with Gasteiger partial charge in [0.2, 0.25) is 0 Å². The lowest BCUT2D eigenvalue weighted by molar-refractivity contribution is 0.240. The molecule has 1 saturated heterocycles. The highest BCUT2D eigenvalue weighted by molar-refractivity contribution is 5.33. The van der Waals surface area contributed by atoms with Crippen LogP contribution in [0.15, 0.2) is 48.5 Å². The van der Waals surface area contributed by atoms with Gasteiger partial charge in [0.25, 0.3) is 0 Å². The van der Waals surface area contributed by atoms with E-state index in [1.54, 1.807) is 0 Å². The van der Waals surface area contributed by atoms with Gasteiger partial charge in [0.15, 0.2) is 0 Å². The molecule has 0 spiro atoms. The van der Waals surface area contributed by atoms with Crippen LogP contribution >= 0.6 is 0 Å². The van der Waals surface area contributed by atoms with Crippen LogP contribution in [0.1, 0.15) is 36.0 Å². The van der Waals surface area contributed by atoms with Crippen molar-refractivity contribution in [1.82, 2.24) is 9.80 Å². The Morgan fingerprint density at radius 3 is 2.54 bits per heavy atom. The molecule has 1 atom stereocenters. The first-order chi connectivity index (χ1) is 12.6. The topological polar surface area (TPSA) is 15.7 Å². The first kappa shape index (κ1) is 18.9. The molecule has 140 valence electrons. The van der Waals surface area contributed by atoms with Gasteiger partial charge in [-0.3, -0.25) is 4.90 Å². The molecule has 0 aliphatic carbocycles. The number of likely N-dealkylation sites (tertiary alicyclic amines) is 1. The minimum atomic E-state index is 0.625. The molecule has 2 aromatic rings. The van der Waals surface area contributed by atoms with Gasteiger partial charge in [-0.2, -0.15) is 0 Å². The predicted molar refractivity (Wildman–Crippen MR) is 109 cm³/mol. The molecule has 0 bridgehead atoms. The van der Waals surface area contributed by atoms with E-state index in [9.17, 15) is 0 Å². The molecule has 0 amide bonds. The van der Waals surface area contributed by atoms with E-state index in [0.717, 1.165) is 18.8 Å². The molecule has 26 heavy (non-hydrogen) atoms. The summed E-state index contributed by atoms with van der Waals surface area (Å²) in [5.74, 6) is 1.02. The lowest BCUT2D eigenvalue weighted by Gasteiger charge is -2.24. The smallest absolute Gasteiger partial charge is 0.124 e. The summed E-state index contributed by atoms with van der Waals surface area (Å²) < 4.78 is 6.16. The van der Waals surface area contributed by atoms with Gasteiger partial charge < -0.3 is 9.64 Å². The van der Waals surface area contributed by atoms with Crippen LogP contribution in [0.25, 0.3) is 0 Å². The Balaban J connectivity index is 1.60. The summed E-state index contributed by atoms with van der Waals surface area (Å²) in [5, 5.41) is 0. The van der Waals surface area contributed by atoms with Gasteiger partial charge in [-0.1, -0.05) is 48.0 Å².